The van der Waals surface area contributed by atoms with Gasteiger partial charge in [-0.2, -0.15) is 5.10 Å². The standard InChI is InChI=1S/C7H11I2N2OP/c1-5-7(8)6(2)11(10-5)3-4-12-13-9/h13H,3-4H2,1-2H3. The van der Waals surface area contributed by atoms with Crippen LogP contribution in [0.25, 0.3) is 0 Å². The van der Waals surface area contributed by atoms with Gasteiger partial charge in [0, 0.05) is 5.69 Å². The van der Waals surface area contributed by atoms with Crippen LogP contribution >= 0.6 is 51.1 Å². The average molecular weight is 424 g/mol. The first kappa shape index (κ1) is 12.1. The minimum Gasteiger partial charge on any atom is -0.350 e. The number of hydrogen-bond donors (Lipinski definition) is 0. The van der Waals surface area contributed by atoms with E-state index in [9.17, 15) is 0 Å². The molecule has 1 aromatic rings. The fourth-order valence-electron chi connectivity index (χ4n) is 1.06. The highest BCUT2D eigenvalue weighted by molar-refractivity contribution is 14.2. The van der Waals surface area contributed by atoms with E-state index in [1.807, 2.05) is 11.6 Å². The molecule has 6 heteroatoms. The molecule has 0 saturated heterocycles. The third kappa shape index (κ3) is 3.28. The van der Waals surface area contributed by atoms with Gasteiger partial charge >= 0.3 is 0 Å². The predicted molar refractivity (Wildman–Crippen MR) is 72.7 cm³/mol. The highest BCUT2D eigenvalue weighted by Gasteiger charge is 2.07. The molecule has 1 atom stereocenters. The Bertz CT molecular complexity index is 290. The van der Waals surface area contributed by atoms with Crippen LogP contribution in [0.3, 0.4) is 0 Å². The third-order valence-corrected chi connectivity index (χ3v) is 4.56. The summed E-state index contributed by atoms with van der Waals surface area (Å²) in [5.41, 5.74) is 2.34. The van der Waals surface area contributed by atoms with Gasteiger partial charge in [0.15, 0.2) is 0 Å². The van der Waals surface area contributed by atoms with Gasteiger partial charge in [-0.1, -0.05) is 0 Å². The predicted octanol–water partition coefficient (Wildman–Crippen LogP) is 3.06. The van der Waals surface area contributed by atoms with Crippen LogP contribution < -0.4 is 0 Å². The van der Waals surface area contributed by atoms with Crippen LogP contribution in [0.4, 0.5) is 0 Å². The third-order valence-electron chi connectivity index (χ3n) is 1.75. The SMILES string of the molecule is Cc1nn(CCOPI)c(C)c1I. The van der Waals surface area contributed by atoms with Gasteiger partial charge in [-0.25, -0.2) is 0 Å². The zero-order valence-electron chi connectivity index (χ0n) is 7.47. The molecule has 13 heavy (non-hydrogen) atoms. The van der Waals surface area contributed by atoms with Crippen molar-refractivity contribution in [1.82, 2.24) is 9.78 Å². The lowest BCUT2D eigenvalue weighted by Gasteiger charge is -2.03. The first-order valence-electron chi connectivity index (χ1n) is 3.83. The average Bonchev–Trinajstić information content (AvgIpc) is 2.34. The molecule has 0 saturated carbocycles. The molecule has 0 N–H and O–H groups in total. The Labute approximate surface area is 106 Å². The Kier molecular flexibility index (Phi) is 5.43. The summed E-state index contributed by atoms with van der Waals surface area (Å²) in [6.07, 6.45) is 0. The van der Waals surface area contributed by atoms with Crippen LogP contribution in [0.15, 0.2) is 0 Å². The second-order valence-corrected chi connectivity index (χ2v) is 5.48. The highest BCUT2D eigenvalue weighted by Crippen LogP contribution is 2.21. The van der Waals surface area contributed by atoms with E-state index >= 15 is 0 Å². The lowest BCUT2D eigenvalue weighted by atomic mass is 10.4. The molecule has 1 heterocycles. The van der Waals surface area contributed by atoms with Crippen LogP contribution in [-0.2, 0) is 11.1 Å². The maximum atomic E-state index is 5.29. The molecule has 0 radical (unpaired) electrons. The Morgan fingerprint density at radius 3 is 2.69 bits per heavy atom. The van der Waals surface area contributed by atoms with Gasteiger partial charge in [0.1, 0.15) is 0 Å². The molecule has 74 valence electrons. The zero-order chi connectivity index (χ0) is 9.84. The van der Waals surface area contributed by atoms with Gasteiger partial charge in [0.2, 0.25) is 0 Å². The van der Waals surface area contributed by atoms with E-state index in [4.69, 9.17) is 4.52 Å². The van der Waals surface area contributed by atoms with E-state index in [0.29, 0.717) is 6.45 Å². The van der Waals surface area contributed by atoms with Crippen molar-refractivity contribution >= 4 is 51.1 Å². The zero-order valence-corrected chi connectivity index (χ0v) is 12.8. The molecule has 1 aromatic heterocycles. The van der Waals surface area contributed by atoms with E-state index < -0.39 is 0 Å². The second kappa shape index (κ2) is 5.82. The maximum absolute atomic E-state index is 5.29. The smallest absolute Gasteiger partial charge is 0.0794 e. The van der Waals surface area contributed by atoms with Crippen LogP contribution in [-0.4, -0.2) is 16.4 Å². The van der Waals surface area contributed by atoms with Crippen molar-refractivity contribution in [1.29, 1.82) is 0 Å². The summed E-state index contributed by atoms with van der Waals surface area (Å²) in [4.78, 5) is 0. The van der Waals surface area contributed by atoms with Crippen molar-refractivity contribution < 1.29 is 4.52 Å². The van der Waals surface area contributed by atoms with E-state index in [2.05, 4.69) is 56.7 Å². The van der Waals surface area contributed by atoms with Crippen molar-refractivity contribution in [2.24, 2.45) is 0 Å². The molecule has 0 aliphatic carbocycles. The molecule has 0 spiro atoms. The molecular formula is C7H11I2N2OP. The summed E-state index contributed by atoms with van der Waals surface area (Å²) in [6, 6.07) is 0. The molecule has 0 aliphatic rings. The Morgan fingerprint density at radius 1 is 1.54 bits per heavy atom. The van der Waals surface area contributed by atoms with Crippen LogP contribution in [0, 0.1) is 17.4 Å². The summed E-state index contributed by atoms with van der Waals surface area (Å²) >= 11 is 4.55. The van der Waals surface area contributed by atoms with Crippen LogP contribution in [0.5, 0.6) is 0 Å². The minimum atomic E-state index is 0.537. The highest BCUT2D eigenvalue weighted by atomic mass is 127. The summed E-state index contributed by atoms with van der Waals surface area (Å²) in [5.74, 6) is 0. The number of aromatic nitrogens is 2. The summed E-state index contributed by atoms with van der Waals surface area (Å²) < 4.78 is 8.56. The second-order valence-electron chi connectivity index (χ2n) is 2.63. The molecule has 0 bridgehead atoms. The van der Waals surface area contributed by atoms with Gasteiger partial charge in [0.25, 0.3) is 0 Å². The molecule has 1 unspecified atom stereocenters. The van der Waals surface area contributed by atoms with Gasteiger partial charge in [-0.3, -0.25) is 4.68 Å². The van der Waals surface area contributed by atoms with Gasteiger partial charge in [-0.05, 0) is 58.5 Å². The Balaban J connectivity index is 2.61. The first-order chi connectivity index (χ1) is 6.16. The van der Waals surface area contributed by atoms with Crippen LogP contribution in [0.2, 0.25) is 0 Å². The molecule has 0 fully saturated rings. The van der Waals surface area contributed by atoms with Gasteiger partial charge < -0.3 is 4.52 Å². The van der Waals surface area contributed by atoms with Crippen molar-refractivity contribution in [2.45, 2.75) is 20.4 Å². The number of rotatable bonds is 4. The number of halogens is 2. The first-order valence-corrected chi connectivity index (χ1v) is 8.94. The number of nitrogens with zero attached hydrogens (tertiary/aromatic N) is 2. The van der Waals surface area contributed by atoms with Crippen molar-refractivity contribution in [3.05, 3.63) is 15.0 Å². The maximum Gasteiger partial charge on any atom is 0.0794 e. The summed E-state index contributed by atoms with van der Waals surface area (Å²) in [7, 11) is 0. The van der Waals surface area contributed by atoms with E-state index in [0.717, 1.165) is 18.8 Å². The molecule has 1 rings (SSSR count). The molecule has 0 amide bonds. The van der Waals surface area contributed by atoms with E-state index in [1.165, 1.54) is 9.26 Å². The van der Waals surface area contributed by atoms with Crippen molar-refractivity contribution in [3.63, 3.8) is 0 Å². The lowest BCUT2D eigenvalue weighted by molar-refractivity contribution is 0.333. The van der Waals surface area contributed by atoms with Crippen molar-refractivity contribution in [3.8, 4) is 0 Å². The normalized spacial score (nSPS) is 11.7. The fraction of sp³-hybridized carbons (Fsp3) is 0.571. The lowest BCUT2D eigenvalue weighted by Crippen LogP contribution is -2.06. The van der Waals surface area contributed by atoms with Crippen LogP contribution in [0.1, 0.15) is 11.4 Å². The molecule has 3 nitrogen and oxygen atoms in total. The Morgan fingerprint density at radius 2 is 2.23 bits per heavy atom. The van der Waals surface area contributed by atoms with Crippen molar-refractivity contribution in [2.75, 3.05) is 6.61 Å². The molecule has 0 aliphatic heterocycles. The van der Waals surface area contributed by atoms with Gasteiger partial charge in [0.05, 0.1) is 28.9 Å². The minimum absolute atomic E-state index is 0.537. The fourth-order valence-corrected chi connectivity index (χ4v) is 2.28. The summed E-state index contributed by atoms with van der Waals surface area (Å²) in [5, 5.41) is 4.41. The Hall–Kier alpha value is 1.06. The topological polar surface area (TPSA) is 27.1 Å². The number of aryl methyl sites for hydroxylation is 1. The molecule has 0 aromatic carbocycles. The molecular weight excluding hydrogens is 413 g/mol. The van der Waals surface area contributed by atoms with E-state index in [1.54, 1.807) is 0 Å². The van der Waals surface area contributed by atoms with E-state index in [-0.39, 0.29) is 0 Å². The number of hydrogen-bond acceptors (Lipinski definition) is 2. The monoisotopic (exact) mass is 424 g/mol. The quantitative estimate of drug-likeness (QED) is 0.423. The van der Waals surface area contributed by atoms with Gasteiger partial charge in [-0.15, -0.1) is 0 Å². The summed E-state index contributed by atoms with van der Waals surface area (Å²) in [6.45, 7) is 6.26. The largest absolute Gasteiger partial charge is 0.350 e.